The number of carbonyl (C=O) groups is 1. The molecule has 0 amide bonds. The summed E-state index contributed by atoms with van der Waals surface area (Å²) in [6.45, 7) is 3.16. The van der Waals surface area contributed by atoms with Crippen molar-refractivity contribution in [2.75, 3.05) is 0 Å². The molecule has 0 saturated carbocycles. The van der Waals surface area contributed by atoms with E-state index in [1.165, 1.54) is 19.1 Å². The summed E-state index contributed by atoms with van der Waals surface area (Å²) in [5, 5.41) is 11.3. The van der Waals surface area contributed by atoms with E-state index in [0.29, 0.717) is 11.3 Å². The van der Waals surface area contributed by atoms with Gasteiger partial charge in [-0.1, -0.05) is 0 Å². The second-order valence-electron chi connectivity index (χ2n) is 3.99. The molecule has 0 saturated heterocycles. The summed E-state index contributed by atoms with van der Waals surface area (Å²) in [6, 6.07) is 6.22. The van der Waals surface area contributed by atoms with Gasteiger partial charge in [0.15, 0.2) is 0 Å². The molecule has 18 heavy (non-hydrogen) atoms. The van der Waals surface area contributed by atoms with Crippen molar-refractivity contribution in [3.63, 3.8) is 0 Å². The number of hydrogen-bond donors (Lipinski definition) is 0. The maximum Gasteiger partial charge on any atom is 0.336 e. The highest BCUT2D eigenvalue weighted by Crippen LogP contribution is 2.22. The van der Waals surface area contributed by atoms with E-state index in [0.717, 1.165) is 10.9 Å². The van der Waals surface area contributed by atoms with Crippen LogP contribution >= 0.6 is 0 Å². The molecule has 0 aliphatic carbocycles. The van der Waals surface area contributed by atoms with Gasteiger partial charge in [0.25, 0.3) is 0 Å². The lowest BCUT2D eigenvalue weighted by atomic mass is 10.1. The number of carboxylic acid groups (broad SMARTS) is 1. The number of carbonyl (C=O) groups excluding carboxylic acids is 1. The Labute approximate surface area is 103 Å². The minimum absolute atomic E-state index is 0.313. The van der Waals surface area contributed by atoms with Crippen LogP contribution < -0.4 is 15.5 Å². The number of fused-ring (bicyclic) bond motifs is 1. The molecule has 0 radical (unpaired) electrons. The van der Waals surface area contributed by atoms with Crippen LogP contribution in [0.1, 0.15) is 12.5 Å². The van der Waals surface area contributed by atoms with Gasteiger partial charge < -0.3 is 19.1 Å². The average Bonchev–Trinajstić information content (AvgIpc) is 2.27. The highest BCUT2D eigenvalue weighted by Gasteiger charge is 2.07. The van der Waals surface area contributed by atoms with Crippen LogP contribution in [0, 0.1) is 6.92 Å². The summed E-state index contributed by atoms with van der Waals surface area (Å²) >= 11 is 0. The van der Waals surface area contributed by atoms with Crippen molar-refractivity contribution >= 4 is 16.9 Å². The molecule has 0 spiro atoms. The molecule has 0 N–H and O–H groups in total. The number of carboxylic acids is 1. The fourth-order valence-electron chi connectivity index (χ4n) is 1.63. The Morgan fingerprint density at radius 2 is 2.11 bits per heavy atom. The Morgan fingerprint density at radius 1 is 1.39 bits per heavy atom. The third kappa shape index (κ3) is 2.34. The molecule has 0 bridgehead atoms. The third-order valence-electron chi connectivity index (χ3n) is 2.57. The Hall–Kier alpha value is -2.30. The lowest BCUT2D eigenvalue weighted by Gasteiger charge is -2.15. The molecule has 1 aromatic heterocycles. The molecule has 5 heteroatoms. The van der Waals surface area contributed by atoms with E-state index in [4.69, 9.17) is 9.15 Å². The van der Waals surface area contributed by atoms with E-state index in [9.17, 15) is 14.7 Å². The first-order valence-electron chi connectivity index (χ1n) is 5.39. The maximum atomic E-state index is 11.2. The van der Waals surface area contributed by atoms with Gasteiger partial charge in [-0.3, -0.25) is 0 Å². The lowest BCUT2D eigenvalue weighted by molar-refractivity contribution is -0.312. The number of benzene rings is 1. The minimum Gasteiger partial charge on any atom is -0.546 e. The van der Waals surface area contributed by atoms with E-state index in [2.05, 4.69) is 0 Å². The molecular weight excluding hydrogens is 236 g/mol. The number of ether oxygens (including phenoxy) is 1. The van der Waals surface area contributed by atoms with Crippen LogP contribution in [-0.4, -0.2) is 12.1 Å². The van der Waals surface area contributed by atoms with Gasteiger partial charge in [0.2, 0.25) is 0 Å². The molecule has 94 valence electrons. The molecule has 1 heterocycles. The van der Waals surface area contributed by atoms with E-state index >= 15 is 0 Å². The number of hydrogen-bond acceptors (Lipinski definition) is 5. The van der Waals surface area contributed by atoms with E-state index in [1.807, 2.05) is 0 Å². The van der Waals surface area contributed by atoms with Crippen molar-refractivity contribution in [3.05, 3.63) is 40.2 Å². The topological polar surface area (TPSA) is 79.6 Å². The molecular formula is C13H11O5-. The van der Waals surface area contributed by atoms with Gasteiger partial charge in [0, 0.05) is 17.5 Å². The second kappa shape index (κ2) is 4.52. The summed E-state index contributed by atoms with van der Waals surface area (Å²) in [5.41, 5.74) is 0.703. The number of aryl methyl sites for hydroxylation is 1. The van der Waals surface area contributed by atoms with E-state index in [-0.39, 0.29) is 0 Å². The molecule has 1 aromatic carbocycles. The van der Waals surface area contributed by atoms with Crippen molar-refractivity contribution in [2.45, 2.75) is 20.0 Å². The summed E-state index contributed by atoms with van der Waals surface area (Å²) in [4.78, 5) is 21.8. The fraction of sp³-hybridized carbons (Fsp3) is 0.231. The summed E-state index contributed by atoms with van der Waals surface area (Å²) in [6.07, 6.45) is -1.07. The first-order chi connectivity index (χ1) is 8.47. The van der Waals surface area contributed by atoms with Crippen molar-refractivity contribution in [1.29, 1.82) is 0 Å². The lowest BCUT2D eigenvalue weighted by Crippen LogP contribution is -2.37. The zero-order valence-electron chi connectivity index (χ0n) is 9.93. The van der Waals surface area contributed by atoms with E-state index in [1.54, 1.807) is 19.1 Å². The van der Waals surface area contributed by atoms with Crippen LogP contribution in [-0.2, 0) is 4.79 Å². The molecule has 0 aliphatic heterocycles. The quantitative estimate of drug-likeness (QED) is 0.743. The molecule has 0 unspecified atom stereocenters. The third-order valence-corrected chi connectivity index (χ3v) is 2.57. The average molecular weight is 247 g/mol. The molecule has 5 nitrogen and oxygen atoms in total. The molecule has 0 aliphatic rings. The highest BCUT2D eigenvalue weighted by molar-refractivity contribution is 5.81. The van der Waals surface area contributed by atoms with Crippen molar-refractivity contribution in [3.8, 4) is 5.75 Å². The van der Waals surface area contributed by atoms with Gasteiger partial charge in [-0.15, -0.1) is 0 Å². The van der Waals surface area contributed by atoms with Gasteiger partial charge >= 0.3 is 5.63 Å². The predicted molar refractivity (Wildman–Crippen MR) is 62.3 cm³/mol. The number of rotatable bonds is 3. The summed E-state index contributed by atoms with van der Waals surface area (Å²) in [5.74, 6) is -0.992. The molecule has 2 rings (SSSR count). The zero-order chi connectivity index (χ0) is 13.3. The second-order valence-corrected chi connectivity index (χ2v) is 3.99. The molecule has 2 aromatic rings. The summed E-state index contributed by atoms with van der Waals surface area (Å²) in [7, 11) is 0. The van der Waals surface area contributed by atoms with Crippen LogP contribution in [0.2, 0.25) is 0 Å². The van der Waals surface area contributed by atoms with Gasteiger partial charge in [-0.2, -0.15) is 0 Å². The zero-order valence-corrected chi connectivity index (χ0v) is 9.93. The standard InChI is InChI=1S/C13H12O5/c1-7-5-12(14)18-11-6-9(3-4-10(7)11)17-8(2)13(15)16/h3-6,8H,1-2H3,(H,15,16)/p-1/t8-/m1/s1. The molecule has 1 atom stereocenters. The van der Waals surface area contributed by atoms with Gasteiger partial charge in [-0.05, 0) is 31.5 Å². The van der Waals surface area contributed by atoms with Gasteiger partial charge in [0.1, 0.15) is 17.4 Å². The normalized spacial score (nSPS) is 12.3. The van der Waals surface area contributed by atoms with Crippen molar-refractivity contribution < 1.29 is 19.1 Å². The van der Waals surface area contributed by atoms with Crippen LogP contribution in [0.15, 0.2) is 33.5 Å². The first-order valence-corrected chi connectivity index (χ1v) is 5.39. The van der Waals surface area contributed by atoms with Crippen LogP contribution in [0.25, 0.3) is 11.0 Å². The maximum absolute atomic E-state index is 11.2. The monoisotopic (exact) mass is 247 g/mol. The van der Waals surface area contributed by atoms with Crippen LogP contribution in [0.3, 0.4) is 0 Å². The minimum atomic E-state index is -1.30. The van der Waals surface area contributed by atoms with Gasteiger partial charge in [0.05, 0.1) is 5.97 Å². The van der Waals surface area contributed by atoms with E-state index < -0.39 is 17.7 Å². The Kier molecular flexibility index (Phi) is 3.06. The van der Waals surface area contributed by atoms with Crippen molar-refractivity contribution in [2.24, 2.45) is 0 Å². The fourth-order valence-corrected chi connectivity index (χ4v) is 1.63. The van der Waals surface area contributed by atoms with Crippen LogP contribution in [0.4, 0.5) is 0 Å². The molecule has 0 fully saturated rings. The first kappa shape index (κ1) is 12.2. The Bertz CT molecular complexity index is 656. The van der Waals surface area contributed by atoms with Gasteiger partial charge in [-0.25, -0.2) is 4.79 Å². The van der Waals surface area contributed by atoms with Crippen LogP contribution in [0.5, 0.6) is 5.75 Å². The smallest absolute Gasteiger partial charge is 0.336 e. The Morgan fingerprint density at radius 3 is 2.78 bits per heavy atom. The SMILES string of the molecule is Cc1cc(=O)oc2cc(O[C@H](C)C(=O)[O-])ccc12. The summed E-state index contributed by atoms with van der Waals surface area (Å²) < 4.78 is 10.2. The largest absolute Gasteiger partial charge is 0.546 e. The highest BCUT2D eigenvalue weighted by atomic mass is 16.5. The Balaban J connectivity index is 2.44. The van der Waals surface area contributed by atoms with Crippen molar-refractivity contribution in [1.82, 2.24) is 0 Å². The number of aliphatic carboxylic acids is 1. The predicted octanol–water partition coefficient (Wildman–Crippen LogP) is 0.619.